The topological polar surface area (TPSA) is 237 Å². The van der Waals surface area contributed by atoms with E-state index in [9.17, 15) is 43.2 Å². The molecule has 5 unspecified atom stereocenters. The molecule has 102 heavy (non-hydrogen) atoms. The Labute approximate surface area is 617 Å². The van der Waals surface area contributed by atoms with Crippen LogP contribution in [0, 0.1) is 0 Å². The first-order valence-electron chi connectivity index (χ1n) is 38.7. The van der Waals surface area contributed by atoms with E-state index in [0.29, 0.717) is 32.1 Å². The van der Waals surface area contributed by atoms with Gasteiger partial charge in [0.05, 0.1) is 26.4 Å². The van der Waals surface area contributed by atoms with Crippen LogP contribution in [-0.4, -0.2) is 96.7 Å². The van der Waals surface area contributed by atoms with Gasteiger partial charge in [0.15, 0.2) is 12.2 Å². The molecule has 0 aromatic heterocycles. The van der Waals surface area contributed by atoms with E-state index in [4.69, 9.17) is 37.0 Å². The van der Waals surface area contributed by atoms with Gasteiger partial charge < -0.3 is 33.8 Å². The fourth-order valence-electron chi connectivity index (χ4n) is 9.72. The Balaban J connectivity index is 5.43. The van der Waals surface area contributed by atoms with Crippen molar-refractivity contribution < 1.29 is 80.2 Å². The van der Waals surface area contributed by atoms with Crippen LogP contribution in [0.25, 0.3) is 0 Å². The van der Waals surface area contributed by atoms with Crippen molar-refractivity contribution in [3.63, 3.8) is 0 Å². The largest absolute Gasteiger partial charge is 0.472 e. The van der Waals surface area contributed by atoms with E-state index in [1.54, 1.807) is 0 Å². The molecule has 580 valence electrons. The summed E-state index contributed by atoms with van der Waals surface area (Å²) in [7, 11) is -9.99. The molecule has 0 saturated heterocycles. The SMILES string of the molecule is CC/C=C\C/C=C\C/C=C\C/C=C\C/C=C\C/C=C\CCC(=O)OCC(COP(=O)(O)OCC(O)COP(=O)(O)OCC(COC(=O)CCCCCC/C=C\C/C=C\C/C=C\C/C=C\CC)OC(=O)CCCCCCC/C=C\C/C=C\C/C=C\CC)OC(=O)CCCCCCCCCCCCC. The van der Waals surface area contributed by atoms with Gasteiger partial charge in [-0.2, -0.15) is 0 Å². The summed E-state index contributed by atoms with van der Waals surface area (Å²) >= 11 is 0. The first-order chi connectivity index (χ1) is 49.7. The monoisotopic (exact) mass is 1470 g/mol. The fraction of sp³-hybridized carbons (Fsp3) is 0.639. The second-order valence-electron chi connectivity index (χ2n) is 25.2. The number of carbonyl (C=O) groups excluding carboxylic acids is 4. The van der Waals surface area contributed by atoms with Gasteiger partial charge in [-0.1, -0.05) is 282 Å². The summed E-state index contributed by atoms with van der Waals surface area (Å²) in [6.07, 6.45) is 85.3. The summed E-state index contributed by atoms with van der Waals surface area (Å²) in [5.41, 5.74) is 0. The molecule has 0 aliphatic rings. The molecule has 17 nitrogen and oxygen atoms in total. The quantitative estimate of drug-likeness (QED) is 0.0169. The van der Waals surface area contributed by atoms with E-state index < -0.39 is 97.5 Å². The Morgan fingerprint density at radius 1 is 0.284 bits per heavy atom. The van der Waals surface area contributed by atoms with Crippen LogP contribution in [0.5, 0.6) is 0 Å². The molecule has 0 saturated carbocycles. The lowest BCUT2D eigenvalue weighted by Gasteiger charge is -2.21. The number of allylic oxidation sites excluding steroid dienone is 26. The van der Waals surface area contributed by atoms with E-state index in [0.717, 1.165) is 161 Å². The Hall–Kier alpha value is -5.32. The maximum atomic E-state index is 13.1. The molecular weight excluding hydrogens is 1330 g/mol. The van der Waals surface area contributed by atoms with Crippen molar-refractivity contribution in [2.24, 2.45) is 0 Å². The maximum Gasteiger partial charge on any atom is 0.472 e. The molecule has 0 fully saturated rings. The van der Waals surface area contributed by atoms with Crippen LogP contribution in [0.2, 0.25) is 0 Å². The predicted molar refractivity (Wildman–Crippen MR) is 417 cm³/mol. The van der Waals surface area contributed by atoms with Gasteiger partial charge in [-0.25, -0.2) is 9.13 Å². The van der Waals surface area contributed by atoms with Gasteiger partial charge in [0.1, 0.15) is 19.3 Å². The molecule has 0 aromatic carbocycles. The lowest BCUT2D eigenvalue weighted by atomic mass is 10.1. The molecule has 0 aliphatic carbocycles. The van der Waals surface area contributed by atoms with Crippen LogP contribution in [0.15, 0.2) is 158 Å². The number of rotatable bonds is 71. The number of hydrogen-bond acceptors (Lipinski definition) is 15. The number of unbranched alkanes of at least 4 members (excludes halogenated alkanes) is 19. The summed E-state index contributed by atoms with van der Waals surface area (Å²) < 4.78 is 68.4. The van der Waals surface area contributed by atoms with Gasteiger partial charge >= 0.3 is 39.5 Å². The minimum atomic E-state index is -5.00. The highest BCUT2D eigenvalue weighted by atomic mass is 31.2. The zero-order chi connectivity index (χ0) is 74.6. The third kappa shape index (κ3) is 73.0. The van der Waals surface area contributed by atoms with Gasteiger partial charge in [0.2, 0.25) is 0 Å². The molecule has 0 spiro atoms. The Bertz CT molecular complexity index is 2550. The molecule has 0 aliphatic heterocycles. The highest BCUT2D eigenvalue weighted by Gasteiger charge is 2.30. The van der Waals surface area contributed by atoms with E-state index in [2.05, 4.69) is 167 Å². The van der Waals surface area contributed by atoms with Gasteiger partial charge in [-0.05, 0) is 135 Å². The van der Waals surface area contributed by atoms with Gasteiger partial charge in [0, 0.05) is 25.7 Å². The first-order valence-corrected chi connectivity index (χ1v) is 41.7. The number of esters is 4. The van der Waals surface area contributed by atoms with Crippen molar-refractivity contribution in [3.8, 4) is 0 Å². The van der Waals surface area contributed by atoms with E-state index in [-0.39, 0.29) is 25.7 Å². The van der Waals surface area contributed by atoms with E-state index >= 15 is 0 Å². The molecule has 19 heteroatoms. The summed E-state index contributed by atoms with van der Waals surface area (Å²) in [6.45, 7) is 4.38. The summed E-state index contributed by atoms with van der Waals surface area (Å²) in [5, 5.41) is 10.6. The zero-order valence-electron chi connectivity index (χ0n) is 63.2. The van der Waals surface area contributed by atoms with Crippen LogP contribution >= 0.6 is 15.6 Å². The van der Waals surface area contributed by atoms with Crippen LogP contribution in [0.3, 0.4) is 0 Å². The van der Waals surface area contributed by atoms with Crippen molar-refractivity contribution in [2.75, 3.05) is 39.6 Å². The molecule has 0 amide bonds. The Morgan fingerprint density at radius 3 is 0.843 bits per heavy atom. The smallest absolute Gasteiger partial charge is 0.462 e. The summed E-state index contributed by atoms with van der Waals surface area (Å²) in [6, 6.07) is 0. The zero-order valence-corrected chi connectivity index (χ0v) is 65.0. The van der Waals surface area contributed by atoms with Crippen LogP contribution in [0.1, 0.15) is 285 Å². The molecule has 0 heterocycles. The minimum absolute atomic E-state index is 0.0329. The lowest BCUT2D eigenvalue weighted by Crippen LogP contribution is -2.30. The maximum absolute atomic E-state index is 13.1. The Morgan fingerprint density at radius 2 is 0.529 bits per heavy atom. The van der Waals surface area contributed by atoms with Crippen LogP contribution < -0.4 is 0 Å². The van der Waals surface area contributed by atoms with Crippen LogP contribution in [-0.2, 0) is 65.4 Å². The number of phosphoric acid groups is 2. The number of aliphatic hydroxyl groups excluding tert-OH is 1. The number of aliphatic hydroxyl groups is 1. The average molecular weight is 1470 g/mol. The van der Waals surface area contributed by atoms with Crippen molar-refractivity contribution in [2.45, 2.75) is 303 Å². The van der Waals surface area contributed by atoms with E-state index in [1.807, 2.05) is 18.2 Å². The first kappa shape index (κ1) is 96.7. The number of phosphoric ester groups is 2. The fourth-order valence-corrected chi connectivity index (χ4v) is 11.3. The number of ether oxygens (including phenoxy) is 4. The molecule has 0 radical (unpaired) electrons. The lowest BCUT2D eigenvalue weighted by molar-refractivity contribution is -0.161. The standard InChI is InChI=1S/C83H136O17P2/c1-5-9-13-17-21-25-29-32-35-37-38-40-43-45-49-52-56-60-64-68-80(85)93-73-78(99-82(87)69-65-61-57-53-47-28-24-20-16-12-8-4)75-97-101(89,90)95-71-77(84)72-96-102(91,92)98-76-79(100-83(88)70-66-62-58-54-50-46-41-34-31-27-23-19-15-11-7-3)74-94-81(86)67-63-59-55-51-48-44-42-39-36-33-30-26-22-18-14-10-6-2/h9-11,13-15,21-23,25-27,32-36,38,40-42,44-45,49,56,60,77-79,84H,5-8,12,16-20,24,28-31,37,39,43,46-48,50-55,57-59,61-76H2,1-4H3,(H,89,90)(H,91,92)/b13-9-,14-10-,15-11-,25-21-,26-22-,27-23-,35-32-,36-33-,40-38-,41-34-,44-42-,49-45-,60-56-. The third-order valence-corrected chi connectivity index (χ3v) is 17.4. The molecular formula is C83H136O17P2. The average Bonchev–Trinajstić information content (AvgIpc) is 0.926. The number of carbonyl (C=O) groups is 4. The van der Waals surface area contributed by atoms with Gasteiger partial charge in [0.25, 0.3) is 0 Å². The highest BCUT2D eigenvalue weighted by Crippen LogP contribution is 2.45. The molecule has 3 N–H and O–H groups in total. The van der Waals surface area contributed by atoms with E-state index in [1.165, 1.54) is 38.5 Å². The highest BCUT2D eigenvalue weighted by molar-refractivity contribution is 7.47. The second-order valence-corrected chi connectivity index (χ2v) is 28.1. The molecule has 0 aromatic rings. The normalized spacial score (nSPS) is 14.8. The summed E-state index contributed by atoms with van der Waals surface area (Å²) in [5.74, 6) is -2.33. The third-order valence-electron chi connectivity index (χ3n) is 15.5. The summed E-state index contributed by atoms with van der Waals surface area (Å²) in [4.78, 5) is 72.9. The van der Waals surface area contributed by atoms with Crippen molar-refractivity contribution >= 4 is 39.5 Å². The minimum Gasteiger partial charge on any atom is -0.462 e. The Kier molecular flexibility index (Phi) is 70.1. The van der Waals surface area contributed by atoms with Crippen molar-refractivity contribution in [3.05, 3.63) is 158 Å². The predicted octanol–water partition coefficient (Wildman–Crippen LogP) is 22.4. The van der Waals surface area contributed by atoms with Gasteiger partial charge in [-0.15, -0.1) is 0 Å². The molecule has 0 rings (SSSR count). The van der Waals surface area contributed by atoms with Crippen molar-refractivity contribution in [1.29, 1.82) is 0 Å². The van der Waals surface area contributed by atoms with Crippen LogP contribution in [0.4, 0.5) is 0 Å². The number of hydrogen-bond donors (Lipinski definition) is 3. The molecule has 0 bridgehead atoms. The van der Waals surface area contributed by atoms with Gasteiger partial charge in [-0.3, -0.25) is 37.3 Å². The van der Waals surface area contributed by atoms with Crippen molar-refractivity contribution in [1.82, 2.24) is 0 Å². The molecule has 5 atom stereocenters. The second kappa shape index (κ2) is 74.0.